The lowest BCUT2D eigenvalue weighted by molar-refractivity contribution is -0.148. The van der Waals surface area contributed by atoms with Crippen LogP contribution in [-0.4, -0.2) is 49.3 Å². The van der Waals surface area contributed by atoms with Crippen LogP contribution in [0.3, 0.4) is 0 Å². The highest BCUT2D eigenvalue weighted by atomic mass is 19.4. The number of hydrogen-bond acceptors (Lipinski definition) is 6. The van der Waals surface area contributed by atoms with Crippen LogP contribution in [0.15, 0.2) is 12.1 Å². The van der Waals surface area contributed by atoms with Crippen molar-refractivity contribution in [2.75, 3.05) is 26.9 Å². The van der Waals surface area contributed by atoms with Crippen molar-refractivity contribution in [3.05, 3.63) is 23.4 Å². The Kier molecular flexibility index (Phi) is 8.05. The number of hydrogen-bond donors (Lipinski definition) is 1. The number of nitrogens with zero attached hydrogens (tertiary/aromatic N) is 1. The monoisotopic (exact) mass is 432 g/mol. The number of aromatic nitrogens is 1. The Hall–Kier alpha value is -2.36. The molecule has 0 aromatic carbocycles. The zero-order valence-corrected chi connectivity index (χ0v) is 17.3. The number of esters is 1. The normalized spacial score (nSPS) is 15.5. The molecule has 2 rings (SSSR count). The molecule has 7 nitrogen and oxygen atoms in total. The molecule has 0 atom stereocenters. The Morgan fingerprint density at radius 1 is 1.20 bits per heavy atom. The highest BCUT2D eigenvalue weighted by Gasteiger charge is 2.39. The van der Waals surface area contributed by atoms with Gasteiger partial charge in [0.05, 0.1) is 13.7 Å². The number of pyridine rings is 1. The minimum Gasteiger partial charge on any atom is -0.477 e. The van der Waals surface area contributed by atoms with Gasteiger partial charge in [-0.15, -0.1) is 0 Å². The second-order valence-corrected chi connectivity index (χ2v) is 7.15. The first-order valence-corrected chi connectivity index (χ1v) is 9.86. The fraction of sp³-hybridized carbons (Fsp3) is 0.650. The van der Waals surface area contributed by atoms with E-state index in [1.54, 1.807) is 13.8 Å². The maximum Gasteiger partial charge on any atom is 0.421 e. The van der Waals surface area contributed by atoms with Crippen LogP contribution in [0.2, 0.25) is 0 Å². The van der Waals surface area contributed by atoms with Crippen molar-refractivity contribution < 1.29 is 37.0 Å². The zero-order chi connectivity index (χ0) is 22.4. The number of alkyl halides is 3. The van der Waals surface area contributed by atoms with Crippen LogP contribution in [-0.2, 0) is 20.4 Å². The summed E-state index contributed by atoms with van der Waals surface area (Å²) >= 11 is 0. The Morgan fingerprint density at radius 2 is 1.83 bits per heavy atom. The second kappa shape index (κ2) is 10.1. The van der Waals surface area contributed by atoms with Gasteiger partial charge in [-0.3, -0.25) is 4.79 Å². The fourth-order valence-electron chi connectivity index (χ4n) is 3.25. The van der Waals surface area contributed by atoms with Crippen LogP contribution in [0.4, 0.5) is 13.2 Å². The molecular formula is C20H27F3N2O5. The molecule has 1 saturated heterocycles. The molecule has 1 N–H and O–H groups in total. The predicted octanol–water partition coefficient (Wildman–Crippen LogP) is 3.37. The van der Waals surface area contributed by atoms with Crippen LogP contribution < -0.4 is 10.1 Å². The van der Waals surface area contributed by atoms with E-state index in [1.165, 1.54) is 7.11 Å². The average Bonchev–Trinajstić information content (AvgIpc) is 2.75. The number of carbonyl (C=O) groups is 2. The summed E-state index contributed by atoms with van der Waals surface area (Å²) < 4.78 is 55.5. The third-order valence-corrected chi connectivity index (χ3v) is 5.33. The first-order chi connectivity index (χ1) is 14.2. The van der Waals surface area contributed by atoms with Gasteiger partial charge in [-0.2, -0.15) is 13.2 Å². The fourth-order valence-corrected chi connectivity index (χ4v) is 3.25. The molecule has 0 bridgehead atoms. The molecule has 1 aromatic rings. The van der Waals surface area contributed by atoms with Crippen molar-refractivity contribution in [3.63, 3.8) is 0 Å². The van der Waals surface area contributed by atoms with Gasteiger partial charge < -0.3 is 19.5 Å². The van der Waals surface area contributed by atoms with Crippen LogP contribution in [0.25, 0.3) is 0 Å². The maximum atomic E-state index is 13.4. The van der Waals surface area contributed by atoms with E-state index in [0.717, 1.165) is 12.1 Å². The number of amides is 1. The number of nitrogens with one attached hydrogen (secondary N) is 1. The molecule has 0 radical (unpaired) electrons. The van der Waals surface area contributed by atoms with E-state index in [-0.39, 0.29) is 31.1 Å². The van der Waals surface area contributed by atoms with Gasteiger partial charge in [0.25, 0.3) is 5.91 Å². The molecule has 168 valence electrons. The summed E-state index contributed by atoms with van der Waals surface area (Å²) in [5.74, 6) is -2.03. The summed E-state index contributed by atoms with van der Waals surface area (Å²) in [5, 5.41) is 2.56. The average molecular weight is 432 g/mol. The molecule has 1 fully saturated rings. The molecule has 1 aromatic heterocycles. The summed E-state index contributed by atoms with van der Waals surface area (Å²) in [5.41, 5.74) is -2.63. The minimum absolute atomic E-state index is 0.0422. The number of carbonyl (C=O) groups excluding carboxylic acids is 2. The van der Waals surface area contributed by atoms with Gasteiger partial charge in [-0.1, -0.05) is 13.8 Å². The van der Waals surface area contributed by atoms with Crippen molar-refractivity contribution in [2.24, 2.45) is 5.92 Å². The Balaban J connectivity index is 2.27. The summed E-state index contributed by atoms with van der Waals surface area (Å²) in [7, 11) is 1.20. The molecule has 0 spiro atoms. The summed E-state index contributed by atoms with van der Waals surface area (Å²) in [4.78, 5) is 28.7. The van der Waals surface area contributed by atoms with Gasteiger partial charge >= 0.3 is 12.1 Å². The summed E-state index contributed by atoms with van der Waals surface area (Å²) in [6, 6.07) is 1.73. The van der Waals surface area contributed by atoms with Crippen LogP contribution >= 0.6 is 0 Å². The Bertz CT molecular complexity index is 744. The van der Waals surface area contributed by atoms with Crippen molar-refractivity contribution in [1.82, 2.24) is 10.3 Å². The lowest BCUT2D eigenvalue weighted by Gasteiger charge is -2.29. The molecule has 1 amide bonds. The number of halogens is 3. The lowest BCUT2D eigenvalue weighted by atomic mass is 9.92. The van der Waals surface area contributed by atoms with E-state index in [0.29, 0.717) is 26.1 Å². The molecular weight excluding hydrogens is 405 g/mol. The molecule has 0 aliphatic carbocycles. The summed E-state index contributed by atoms with van der Waals surface area (Å²) in [6.45, 7) is 4.49. The van der Waals surface area contributed by atoms with Gasteiger partial charge in [-0.05, 0) is 43.7 Å². The minimum atomic E-state index is -4.68. The van der Waals surface area contributed by atoms with Gasteiger partial charge in [-0.25, -0.2) is 9.78 Å². The molecule has 0 saturated carbocycles. The number of methoxy groups -OCH3 is 1. The highest BCUT2D eigenvalue weighted by molar-refractivity contribution is 5.96. The molecule has 30 heavy (non-hydrogen) atoms. The van der Waals surface area contributed by atoms with Gasteiger partial charge in [0.15, 0.2) is 0 Å². The van der Waals surface area contributed by atoms with Crippen LogP contribution in [0.1, 0.15) is 55.6 Å². The maximum absolute atomic E-state index is 13.4. The van der Waals surface area contributed by atoms with Crippen LogP contribution in [0, 0.1) is 5.92 Å². The van der Waals surface area contributed by atoms with Gasteiger partial charge in [0.2, 0.25) is 5.88 Å². The van der Waals surface area contributed by atoms with Crippen molar-refractivity contribution in [1.29, 1.82) is 0 Å². The van der Waals surface area contributed by atoms with E-state index < -0.39 is 35.0 Å². The van der Waals surface area contributed by atoms with E-state index in [2.05, 4.69) is 10.3 Å². The zero-order valence-electron chi connectivity index (χ0n) is 17.3. The molecule has 2 heterocycles. The quantitative estimate of drug-likeness (QED) is 0.634. The largest absolute Gasteiger partial charge is 0.477 e. The SMILES string of the molecule is CCC(CC)(NC(=O)c1ccc(C(F)(F)F)c(OCC2CCOCC2)n1)C(=O)OC. The molecule has 1 aliphatic rings. The van der Waals surface area contributed by atoms with E-state index in [4.69, 9.17) is 14.2 Å². The second-order valence-electron chi connectivity index (χ2n) is 7.15. The van der Waals surface area contributed by atoms with Crippen LogP contribution in [0.5, 0.6) is 5.88 Å². The standard InChI is InChI=1S/C20H27F3N2O5/c1-4-19(5-2,18(27)28-3)25-16(26)15-7-6-14(20(21,22)23)17(24-15)30-12-13-8-10-29-11-9-13/h6-7,13H,4-5,8-12H2,1-3H3,(H,25,26). The first kappa shape index (κ1) is 23.9. The topological polar surface area (TPSA) is 86.8 Å². The van der Waals surface area contributed by atoms with Gasteiger partial charge in [0, 0.05) is 13.2 Å². The van der Waals surface area contributed by atoms with Crippen molar-refractivity contribution in [3.8, 4) is 5.88 Å². The molecule has 1 aliphatic heterocycles. The molecule has 0 unspecified atom stereocenters. The third kappa shape index (κ3) is 5.62. The summed E-state index contributed by atoms with van der Waals surface area (Å²) in [6.07, 6.45) is -2.84. The number of rotatable bonds is 8. The van der Waals surface area contributed by atoms with Crippen molar-refractivity contribution in [2.45, 2.75) is 51.2 Å². The smallest absolute Gasteiger partial charge is 0.421 e. The third-order valence-electron chi connectivity index (χ3n) is 5.33. The molecule has 10 heteroatoms. The lowest BCUT2D eigenvalue weighted by Crippen LogP contribution is -2.54. The van der Waals surface area contributed by atoms with E-state index >= 15 is 0 Å². The Morgan fingerprint density at radius 3 is 2.37 bits per heavy atom. The number of ether oxygens (including phenoxy) is 3. The van der Waals surface area contributed by atoms with Gasteiger partial charge in [0.1, 0.15) is 16.8 Å². The first-order valence-electron chi connectivity index (χ1n) is 9.86. The Labute approximate surface area is 173 Å². The highest BCUT2D eigenvalue weighted by Crippen LogP contribution is 2.35. The van der Waals surface area contributed by atoms with E-state index in [9.17, 15) is 22.8 Å². The van der Waals surface area contributed by atoms with Crippen molar-refractivity contribution >= 4 is 11.9 Å². The predicted molar refractivity (Wildman–Crippen MR) is 101 cm³/mol. The van der Waals surface area contributed by atoms with E-state index in [1.807, 2.05) is 0 Å².